The second-order valence-corrected chi connectivity index (χ2v) is 3.55. The Labute approximate surface area is 78.9 Å². The molecule has 0 radical (unpaired) electrons. The van der Waals surface area contributed by atoms with Crippen molar-refractivity contribution in [2.24, 2.45) is 5.92 Å². The van der Waals surface area contributed by atoms with E-state index in [-0.39, 0.29) is 11.5 Å². The molecular weight excluding hydrogens is 167 g/mol. The summed E-state index contributed by atoms with van der Waals surface area (Å²) in [6, 6.07) is 0. The van der Waals surface area contributed by atoms with E-state index in [0.29, 0.717) is 5.47 Å². The van der Waals surface area contributed by atoms with Crippen LogP contribution < -0.4 is 0 Å². The second-order valence-electron chi connectivity index (χ2n) is 3.55. The molecule has 0 heterocycles. The van der Waals surface area contributed by atoms with E-state index in [9.17, 15) is 0 Å². The Morgan fingerprint density at radius 3 is 2.54 bits per heavy atom. The van der Waals surface area contributed by atoms with Gasteiger partial charge in [0.15, 0.2) is 0 Å². The van der Waals surface area contributed by atoms with Crippen LogP contribution in [0.3, 0.4) is 0 Å². The fourth-order valence-electron chi connectivity index (χ4n) is 1.35. The summed E-state index contributed by atoms with van der Waals surface area (Å²) in [5.41, 5.74) is 0.195. The van der Waals surface area contributed by atoms with Crippen molar-refractivity contribution in [3.8, 4) is 0 Å². The first-order chi connectivity index (χ1) is 5.99. The molecule has 0 aromatic rings. The lowest BCUT2D eigenvalue weighted by molar-refractivity contribution is 0.0179. The molecule has 0 amide bonds. The maximum atomic E-state index is 8.93. The van der Waals surface area contributed by atoms with Crippen LogP contribution in [0.1, 0.15) is 13.8 Å². The summed E-state index contributed by atoms with van der Waals surface area (Å²) in [6.45, 7) is 3.95. The topological polar surface area (TPSA) is 49.7 Å². The molecule has 1 rings (SSSR count). The molecule has 1 aliphatic rings. The molecule has 0 aromatic heterocycles. The van der Waals surface area contributed by atoms with Gasteiger partial charge in [-0.15, -0.1) is 0 Å². The summed E-state index contributed by atoms with van der Waals surface area (Å²) in [5, 5.41) is 17.9. The van der Waals surface area contributed by atoms with E-state index < -0.39 is 7.12 Å². The fourth-order valence-corrected chi connectivity index (χ4v) is 1.35. The molecule has 4 heteroatoms. The van der Waals surface area contributed by atoms with Gasteiger partial charge in [-0.3, -0.25) is 0 Å². The van der Waals surface area contributed by atoms with Crippen LogP contribution in [-0.2, 0) is 4.74 Å². The summed E-state index contributed by atoms with van der Waals surface area (Å²) in [4.78, 5) is 0. The average Bonchev–Trinajstić information content (AvgIpc) is 2.09. The highest BCUT2D eigenvalue weighted by Crippen LogP contribution is 2.29. The van der Waals surface area contributed by atoms with E-state index in [1.54, 1.807) is 13.2 Å². The predicted molar refractivity (Wildman–Crippen MR) is 52.0 cm³/mol. The molecule has 2 atom stereocenters. The van der Waals surface area contributed by atoms with Crippen molar-refractivity contribution in [3.05, 3.63) is 23.7 Å². The molecule has 2 unspecified atom stereocenters. The Bertz CT molecular complexity index is 247. The van der Waals surface area contributed by atoms with Crippen LogP contribution in [0.4, 0.5) is 0 Å². The number of hydrogen-bond acceptors (Lipinski definition) is 3. The third-order valence-corrected chi connectivity index (χ3v) is 2.69. The van der Waals surface area contributed by atoms with Crippen LogP contribution in [0.2, 0.25) is 0 Å². The van der Waals surface area contributed by atoms with Gasteiger partial charge in [0, 0.05) is 13.0 Å². The van der Waals surface area contributed by atoms with Gasteiger partial charge in [-0.2, -0.15) is 0 Å². The zero-order chi connectivity index (χ0) is 10.1. The molecule has 0 fully saturated rings. The molecule has 3 nitrogen and oxygen atoms in total. The average molecular weight is 182 g/mol. The number of allylic oxidation sites excluding steroid dienone is 2. The van der Waals surface area contributed by atoms with Gasteiger partial charge in [0.1, 0.15) is 0 Å². The Hall–Kier alpha value is -0.575. The largest absolute Gasteiger partial charge is 0.488 e. The number of ether oxygens (including phenoxy) is 1. The van der Waals surface area contributed by atoms with Gasteiger partial charge in [-0.25, -0.2) is 0 Å². The first-order valence-corrected chi connectivity index (χ1v) is 4.32. The molecule has 2 N–H and O–H groups in total. The summed E-state index contributed by atoms with van der Waals surface area (Å²) < 4.78 is 5.32. The molecule has 0 aliphatic heterocycles. The van der Waals surface area contributed by atoms with Crippen molar-refractivity contribution >= 4 is 7.12 Å². The lowest BCUT2D eigenvalue weighted by Crippen LogP contribution is -2.35. The Morgan fingerprint density at radius 1 is 1.54 bits per heavy atom. The Morgan fingerprint density at radius 2 is 2.15 bits per heavy atom. The van der Waals surface area contributed by atoms with Crippen molar-refractivity contribution in [1.29, 1.82) is 0 Å². The van der Waals surface area contributed by atoms with Crippen LogP contribution in [0.15, 0.2) is 23.7 Å². The number of methoxy groups -OCH3 is 1. The summed E-state index contributed by atoms with van der Waals surface area (Å²) in [5.74, 6) is 0.138. The van der Waals surface area contributed by atoms with Crippen molar-refractivity contribution in [3.63, 3.8) is 0 Å². The first kappa shape index (κ1) is 10.5. The molecule has 0 saturated carbocycles. The molecule has 0 spiro atoms. The summed E-state index contributed by atoms with van der Waals surface area (Å²) in [6.07, 6.45) is 5.36. The maximum absolute atomic E-state index is 8.93. The van der Waals surface area contributed by atoms with Crippen molar-refractivity contribution in [2.75, 3.05) is 7.11 Å². The Balaban J connectivity index is 2.85. The molecule has 0 bridgehead atoms. The van der Waals surface area contributed by atoms with Gasteiger partial charge in [-0.05, 0) is 12.4 Å². The minimum Gasteiger partial charge on any atom is -0.423 e. The van der Waals surface area contributed by atoms with Gasteiger partial charge < -0.3 is 14.8 Å². The number of rotatable bonds is 2. The number of hydrogen-bond donors (Lipinski definition) is 2. The van der Waals surface area contributed by atoms with Crippen molar-refractivity contribution in [2.45, 2.75) is 19.4 Å². The van der Waals surface area contributed by atoms with Crippen LogP contribution in [0.5, 0.6) is 0 Å². The Kier molecular flexibility index (Phi) is 2.96. The molecule has 13 heavy (non-hydrogen) atoms. The first-order valence-electron chi connectivity index (χ1n) is 4.32. The standard InChI is InChI=1S/C9H15BO3/c1-7-6-8(10(11)12)4-5-9(7,2)13-3/h4-7,11-12H,1-3H3. The monoisotopic (exact) mass is 182 g/mol. The molecule has 0 saturated heterocycles. The van der Waals surface area contributed by atoms with Crippen LogP contribution in [-0.4, -0.2) is 29.9 Å². The normalized spacial score (nSPS) is 33.0. The van der Waals surface area contributed by atoms with Crippen LogP contribution in [0, 0.1) is 5.92 Å². The van der Waals surface area contributed by atoms with Crippen LogP contribution in [0.25, 0.3) is 0 Å². The van der Waals surface area contributed by atoms with E-state index in [1.165, 1.54) is 0 Å². The lowest BCUT2D eigenvalue weighted by atomic mass is 9.71. The van der Waals surface area contributed by atoms with E-state index in [4.69, 9.17) is 14.8 Å². The summed E-state index contributed by atoms with van der Waals surface area (Å²) >= 11 is 0. The van der Waals surface area contributed by atoms with Crippen molar-refractivity contribution in [1.82, 2.24) is 0 Å². The van der Waals surface area contributed by atoms with Gasteiger partial charge in [0.05, 0.1) is 5.60 Å². The van der Waals surface area contributed by atoms with E-state index in [2.05, 4.69) is 0 Å². The zero-order valence-corrected chi connectivity index (χ0v) is 8.19. The van der Waals surface area contributed by atoms with Gasteiger partial charge in [0.25, 0.3) is 0 Å². The maximum Gasteiger partial charge on any atom is 0.488 e. The van der Waals surface area contributed by atoms with Crippen molar-refractivity contribution < 1.29 is 14.8 Å². The highest BCUT2D eigenvalue weighted by Gasteiger charge is 2.31. The SMILES string of the molecule is COC1(C)C=CC(B(O)O)=CC1C. The third kappa shape index (κ3) is 2.02. The minimum absolute atomic E-state index is 0.138. The van der Waals surface area contributed by atoms with E-state index in [0.717, 1.165) is 0 Å². The van der Waals surface area contributed by atoms with Gasteiger partial charge in [-0.1, -0.05) is 25.2 Å². The molecule has 1 aliphatic carbocycles. The smallest absolute Gasteiger partial charge is 0.423 e. The highest BCUT2D eigenvalue weighted by atomic mass is 16.5. The van der Waals surface area contributed by atoms with E-state index in [1.807, 2.05) is 26.0 Å². The quantitative estimate of drug-likeness (QED) is 0.612. The summed E-state index contributed by atoms with van der Waals surface area (Å²) in [7, 11) is 0.259. The highest BCUT2D eigenvalue weighted by molar-refractivity contribution is 6.51. The second kappa shape index (κ2) is 3.66. The molecular formula is C9H15BO3. The third-order valence-electron chi connectivity index (χ3n) is 2.69. The van der Waals surface area contributed by atoms with Gasteiger partial charge >= 0.3 is 7.12 Å². The molecule has 0 aromatic carbocycles. The molecule has 72 valence electrons. The lowest BCUT2D eigenvalue weighted by Gasteiger charge is -2.32. The van der Waals surface area contributed by atoms with Crippen LogP contribution >= 0.6 is 0 Å². The fraction of sp³-hybridized carbons (Fsp3) is 0.556. The predicted octanol–water partition coefficient (Wildman–Crippen LogP) is 0.536. The minimum atomic E-state index is -1.39. The zero-order valence-electron chi connectivity index (χ0n) is 8.19. The van der Waals surface area contributed by atoms with E-state index >= 15 is 0 Å². The van der Waals surface area contributed by atoms with Gasteiger partial charge in [0.2, 0.25) is 0 Å².